The highest BCUT2D eigenvalue weighted by atomic mass is 32.1. The number of rotatable bonds is 8. The number of fused-ring (bicyclic) bond motifs is 1. The number of hydrogen-bond acceptors (Lipinski definition) is 10. The molecule has 0 fully saturated rings. The molecule has 1 atom stereocenters. The van der Waals surface area contributed by atoms with E-state index in [0.717, 1.165) is 0 Å². The molecule has 42 heavy (non-hydrogen) atoms. The maximum absolute atomic E-state index is 13.9. The molecule has 216 valence electrons. The minimum atomic E-state index is -0.818. The molecule has 0 saturated heterocycles. The van der Waals surface area contributed by atoms with Crippen LogP contribution in [0.5, 0.6) is 11.5 Å². The molecular formula is C31H28N2O8S. The standard InChI is InChI=1S/C31H28N2O8S/c1-6-40-30(36)26-17(2)32-31-33(27(26)18-11-13-23(37-3)24(15-18)38-4)28(34)25(42-31)16-19-12-14-22(41-19)20-9-7-8-10-21(20)29(35)39-5/h7-16,27H,6H2,1-5H3/b25-16-. The van der Waals surface area contributed by atoms with Crippen molar-refractivity contribution >= 4 is 29.4 Å². The van der Waals surface area contributed by atoms with Crippen molar-refractivity contribution in [3.05, 3.63) is 102 Å². The van der Waals surface area contributed by atoms with Crippen LogP contribution < -0.4 is 24.4 Å². The molecular weight excluding hydrogens is 560 g/mol. The first-order valence-corrected chi connectivity index (χ1v) is 13.8. The summed E-state index contributed by atoms with van der Waals surface area (Å²) in [6, 6.07) is 14.8. The molecule has 1 aliphatic rings. The molecule has 1 aliphatic heterocycles. The number of hydrogen-bond donors (Lipinski definition) is 0. The third-order valence-corrected chi connectivity index (χ3v) is 7.72. The van der Waals surface area contributed by atoms with Crippen LogP contribution in [-0.2, 0) is 14.3 Å². The van der Waals surface area contributed by atoms with E-state index in [9.17, 15) is 14.4 Å². The number of aromatic nitrogens is 1. The van der Waals surface area contributed by atoms with Gasteiger partial charge in [-0.2, -0.15) is 0 Å². The van der Waals surface area contributed by atoms with Crippen LogP contribution in [0.1, 0.15) is 41.6 Å². The predicted octanol–water partition coefficient (Wildman–Crippen LogP) is 3.86. The molecule has 0 saturated carbocycles. The average Bonchev–Trinajstić information content (AvgIpc) is 3.59. The fraction of sp³-hybridized carbons (Fsp3) is 0.226. The van der Waals surface area contributed by atoms with E-state index in [1.807, 2.05) is 0 Å². The summed E-state index contributed by atoms with van der Waals surface area (Å²) in [6.07, 6.45) is 1.61. The summed E-state index contributed by atoms with van der Waals surface area (Å²) in [5.41, 5.74) is 1.88. The zero-order valence-electron chi connectivity index (χ0n) is 23.6. The van der Waals surface area contributed by atoms with Crippen molar-refractivity contribution in [2.24, 2.45) is 4.99 Å². The van der Waals surface area contributed by atoms with Gasteiger partial charge in [0.1, 0.15) is 11.5 Å². The van der Waals surface area contributed by atoms with Gasteiger partial charge in [0.25, 0.3) is 5.56 Å². The maximum atomic E-state index is 13.9. The van der Waals surface area contributed by atoms with Gasteiger partial charge in [-0.15, -0.1) is 0 Å². The van der Waals surface area contributed by atoms with Crippen molar-refractivity contribution in [3.8, 4) is 22.8 Å². The van der Waals surface area contributed by atoms with E-state index in [0.29, 0.717) is 54.7 Å². The molecule has 0 N–H and O–H groups in total. The maximum Gasteiger partial charge on any atom is 0.338 e. The molecule has 4 aromatic rings. The molecule has 2 aromatic heterocycles. The van der Waals surface area contributed by atoms with Crippen LogP contribution >= 0.6 is 11.3 Å². The fourth-order valence-corrected chi connectivity index (χ4v) is 5.85. The lowest BCUT2D eigenvalue weighted by atomic mass is 9.95. The third kappa shape index (κ3) is 5.14. The molecule has 0 amide bonds. The molecule has 5 rings (SSSR count). The van der Waals surface area contributed by atoms with Crippen LogP contribution in [-0.4, -0.2) is 44.4 Å². The van der Waals surface area contributed by atoms with Gasteiger partial charge in [-0.25, -0.2) is 14.6 Å². The van der Waals surface area contributed by atoms with Crippen molar-refractivity contribution in [2.75, 3.05) is 27.9 Å². The summed E-state index contributed by atoms with van der Waals surface area (Å²) in [7, 11) is 4.36. The zero-order chi connectivity index (χ0) is 30.0. The largest absolute Gasteiger partial charge is 0.493 e. The zero-order valence-corrected chi connectivity index (χ0v) is 24.4. The Morgan fingerprint density at radius 3 is 2.50 bits per heavy atom. The highest BCUT2D eigenvalue weighted by molar-refractivity contribution is 7.07. The van der Waals surface area contributed by atoms with Gasteiger partial charge in [0.05, 0.1) is 55.3 Å². The number of nitrogens with zero attached hydrogens (tertiary/aromatic N) is 2. The SMILES string of the molecule is CCOC(=O)C1=C(C)N=c2s/c(=C\c3ccc(-c4ccccc4C(=O)OC)o3)c(=O)n2C1c1ccc(OC)c(OC)c1. The number of thiazole rings is 1. The first-order valence-electron chi connectivity index (χ1n) is 13.0. The van der Waals surface area contributed by atoms with Crippen LogP contribution in [0.25, 0.3) is 17.4 Å². The lowest BCUT2D eigenvalue weighted by Crippen LogP contribution is -2.39. The minimum absolute atomic E-state index is 0.165. The number of benzene rings is 2. The smallest absolute Gasteiger partial charge is 0.338 e. The second-order valence-corrected chi connectivity index (χ2v) is 10.2. The first kappa shape index (κ1) is 28.6. The van der Waals surface area contributed by atoms with Crippen LogP contribution in [0.15, 0.2) is 80.1 Å². The average molecular weight is 589 g/mol. The quantitative estimate of drug-likeness (QED) is 0.285. The molecule has 0 bridgehead atoms. The number of carbonyl (C=O) groups is 2. The predicted molar refractivity (Wildman–Crippen MR) is 155 cm³/mol. The summed E-state index contributed by atoms with van der Waals surface area (Å²) < 4.78 is 29.0. The Bertz CT molecular complexity index is 1900. The number of methoxy groups -OCH3 is 3. The third-order valence-electron chi connectivity index (χ3n) is 6.74. The fourth-order valence-electron chi connectivity index (χ4n) is 4.82. The number of esters is 2. The van der Waals surface area contributed by atoms with E-state index in [4.69, 9.17) is 23.4 Å². The normalized spacial score (nSPS) is 14.7. The van der Waals surface area contributed by atoms with Crippen LogP contribution in [0.3, 0.4) is 0 Å². The molecule has 1 unspecified atom stereocenters. The Kier molecular flexibility index (Phi) is 8.12. The van der Waals surface area contributed by atoms with Gasteiger partial charge >= 0.3 is 11.9 Å². The van der Waals surface area contributed by atoms with Gasteiger partial charge in [0.2, 0.25) is 0 Å². The van der Waals surface area contributed by atoms with E-state index in [2.05, 4.69) is 4.99 Å². The first-order chi connectivity index (χ1) is 20.3. The second kappa shape index (κ2) is 11.9. The van der Waals surface area contributed by atoms with Crippen molar-refractivity contribution in [1.29, 1.82) is 0 Å². The molecule has 11 heteroatoms. The van der Waals surface area contributed by atoms with Crippen molar-refractivity contribution < 1.29 is 33.0 Å². The monoisotopic (exact) mass is 588 g/mol. The second-order valence-electron chi connectivity index (χ2n) is 9.16. The van der Waals surface area contributed by atoms with Crippen LogP contribution in [0.4, 0.5) is 0 Å². The topological polar surface area (TPSA) is 119 Å². The van der Waals surface area contributed by atoms with E-state index < -0.39 is 18.0 Å². The minimum Gasteiger partial charge on any atom is -0.493 e. The van der Waals surface area contributed by atoms with E-state index >= 15 is 0 Å². The molecule has 2 aromatic carbocycles. The summed E-state index contributed by atoms with van der Waals surface area (Å²) in [5, 5.41) is 0. The number of carbonyl (C=O) groups excluding carboxylic acids is 2. The highest BCUT2D eigenvalue weighted by Crippen LogP contribution is 2.36. The summed E-state index contributed by atoms with van der Waals surface area (Å²) >= 11 is 1.17. The van der Waals surface area contributed by atoms with Gasteiger partial charge in [-0.1, -0.05) is 35.6 Å². The number of ether oxygens (including phenoxy) is 4. The van der Waals surface area contributed by atoms with Gasteiger partial charge in [0.15, 0.2) is 16.3 Å². The lowest BCUT2D eigenvalue weighted by Gasteiger charge is -2.25. The Hall–Kier alpha value is -4.90. The molecule has 10 nitrogen and oxygen atoms in total. The van der Waals surface area contributed by atoms with E-state index in [1.165, 1.54) is 37.2 Å². The summed E-state index contributed by atoms with van der Waals surface area (Å²) in [4.78, 5) is 44.3. The molecule has 3 heterocycles. The molecule has 0 spiro atoms. The van der Waals surface area contributed by atoms with Crippen LogP contribution in [0.2, 0.25) is 0 Å². The Morgan fingerprint density at radius 1 is 1.02 bits per heavy atom. The van der Waals surface area contributed by atoms with Crippen molar-refractivity contribution in [2.45, 2.75) is 19.9 Å². The van der Waals surface area contributed by atoms with Gasteiger partial charge in [0, 0.05) is 11.6 Å². The summed E-state index contributed by atoms with van der Waals surface area (Å²) in [6.45, 7) is 3.60. The van der Waals surface area contributed by atoms with Crippen molar-refractivity contribution in [3.63, 3.8) is 0 Å². The number of furan rings is 1. The van der Waals surface area contributed by atoms with E-state index in [1.54, 1.807) is 74.5 Å². The van der Waals surface area contributed by atoms with Crippen molar-refractivity contribution in [1.82, 2.24) is 4.57 Å². The summed E-state index contributed by atoms with van der Waals surface area (Å²) in [5.74, 6) is 0.755. The number of allylic oxidation sites excluding steroid dienone is 1. The van der Waals surface area contributed by atoms with Crippen LogP contribution in [0, 0.1) is 0 Å². The Morgan fingerprint density at radius 2 is 1.79 bits per heavy atom. The Labute approximate surface area is 244 Å². The molecule has 0 aliphatic carbocycles. The highest BCUT2D eigenvalue weighted by Gasteiger charge is 2.34. The van der Waals surface area contributed by atoms with Gasteiger partial charge < -0.3 is 23.4 Å². The molecule has 0 radical (unpaired) electrons. The Balaban J connectivity index is 1.65. The van der Waals surface area contributed by atoms with Gasteiger partial charge in [-0.05, 0) is 49.7 Å². The van der Waals surface area contributed by atoms with Gasteiger partial charge in [-0.3, -0.25) is 9.36 Å². The van der Waals surface area contributed by atoms with E-state index in [-0.39, 0.29) is 17.7 Å². The lowest BCUT2D eigenvalue weighted by molar-refractivity contribution is -0.139.